The minimum atomic E-state index is -0.592. The SMILES string of the molecule is Cc1nc2cc(CNC[C@]3(O)CCNC3)ccc2n1C. The van der Waals surface area contributed by atoms with Gasteiger partial charge in [0.1, 0.15) is 5.82 Å². The van der Waals surface area contributed by atoms with Crippen molar-refractivity contribution in [3.63, 3.8) is 0 Å². The first kappa shape index (κ1) is 13.5. The van der Waals surface area contributed by atoms with Crippen molar-refractivity contribution in [3.8, 4) is 0 Å². The van der Waals surface area contributed by atoms with E-state index in [2.05, 4.69) is 38.4 Å². The summed E-state index contributed by atoms with van der Waals surface area (Å²) >= 11 is 0. The third kappa shape index (κ3) is 2.57. The molecule has 1 aliphatic heterocycles. The van der Waals surface area contributed by atoms with E-state index < -0.39 is 5.60 Å². The van der Waals surface area contributed by atoms with Gasteiger partial charge in [-0.3, -0.25) is 0 Å². The van der Waals surface area contributed by atoms with Crippen molar-refractivity contribution in [2.24, 2.45) is 7.05 Å². The third-order valence-corrected chi connectivity index (χ3v) is 4.17. The first-order valence-corrected chi connectivity index (χ1v) is 7.13. The molecule has 2 heterocycles. The Balaban J connectivity index is 1.65. The standard InChI is InChI=1S/C15H22N4O/c1-11-18-13-7-12(3-4-14(13)19(11)2)8-17-10-15(20)5-6-16-9-15/h3-4,7,16-17,20H,5-6,8-10H2,1-2H3/t15-/m0/s1. The Bertz CT molecular complexity index is 614. The minimum Gasteiger partial charge on any atom is -0.387 e. The molecule has 0 bridgehead atoms. The van der Waals surface area contributed by atoms with Gasteiger partial charge >= 0.3 is 0 Å². The quantitative estimate of drug-likeness (QED) is 0.768. The van der Waals surface area contributed by atoms with Crippen LogP contribution < -0.4 is 10.6 Å². The van der Waals surface area contributed by atoms with Crippen molar-refractivity contribution in [2.45, 2.75) is 25.5 Å². The molecule has 1 aromatic heterocycles. The van der Waals surface area contributed by atoms with Crippen molar-refractivity contribution in [1.82, 2.24) is 20.2 Å². The van der Waals surface area contributed by atoms with Gasteiger partial charge in [-0.25, -0.2) is 4.98 Å². The fourth-order valence-corrected chi connectivity index (χ4v) is 2.80. The molecule has 3 rings (SSSR count). The number of fused-ring (bicyclic) bond motifs is 1. The smallest absolute Gasteiger partial charge is 0.106 e. The maximum atomic E-state index is 10.2. The topological polar surface area (TPSA) is 62.1 Å². The van der Waals surface area contributed by atoms with Crippen LogP contribution in [0.3, 0.4) is 0 Å². The van der Waals surface area contributed by atoms with E-state index in [1.54, 1.807) is 0 Å². The molecule has 0 spiro atoms. The first-order valence-electron chi connectivity index (χ1n) is 7.13. The summed E-state index contributed by atoms with van der Waals surface area (Å²) in [6.07, 6.45) is 0.818. The van der Waals surface area contributed by atoms with Gasteiger partial charge in [0.15, 0.2) is 0 Å². The number of aromatic nitrogens is 2. The Morgan fingerprint density at radius 1 is 1.50 bits per heavy atom. The molecule has 1 fully saturated rings. The van der Waals surface area contributed by atoms with Crippen molar-refractivity contribution in [3.05, 3.63) is 29.6 Å². The van der Waals surface area contributed by atoms with Crippen molar-refractivity contribution >= 4 is 11.0 Å². The fraction of sp³-hybridized carbons (Fsp3) is 0.533. The highest BCUT2D eigenvalue weighted by atomic mass is 16.3. The fourth-order valence-electron chi connectivity index (χ4n) is 2.80. The van der Waals surface area contributed by atoms with Gasteiger partial charge in [0.25, 0.3) is 0 Å². The highest BCUT2D eigenvalue weighted by Crippen LogP contribution is 2.17. The highest BCUT2D eigenvalue weighted by molar-refractivity contribution is 5.76. The van der Waals surface area contributed by atoms with Crippen LogP contribution in [0.15, 0.2) is 18.2 Å². The maximum absolute atomic E-state index is 10.2. The number of aliphatic hydroxyl groups is 1. The van der Waals surface area contributed by atoms with Crippen molar-refractivity contribution in [1.29, 1.82) is 0 Å². The Hall–Kier alpha value is -1.43. The molecule has 0 saturated carbocycles. The first-order chi connectivity index (χ1) is 9.57. The molecule has 1 saturated heterocycles. The molecule has 1 atom stereocenters. The lowest BCUT2D eigenvalue weighted by atomic mass is 10.0. The zero-order valence-electron chi connectivity index (χ0n) is 12.1. The number of imidazole rings is 1. The normalized spacial score (nSPS) is 22.8. The number of hydrogen-bond donors (Lipinski definition) is 3. The van der Waals surface area contributed by atoms with E-state index in [9.17, 15) is 5.11 Å². The van der Waals surface area contributed by atoms with E-state index in [1.165, 1.54) is 5.56 Å². The van der Waals surface area contributed by atoms with E-state index in [0.29, 0.717) is 13.1 Å². The van der Waals surface area contributed by atoms with Crippen LogP contribution in [0.2, 0.25) is 0 Å². The number of benzene rings is 1. The lowest BCUT2D eigenvalue weighted by Crippen LogP contribution is -2.42. The summed E-state index contributed by atoms with van der Waals surface area (Å²) in [4.78, 5) is 4.55. The van der Waals surface area contributed by atoms with Crippen LogP contribution in [0.5, 0.6) is 0 Å². The summed E-state index contributed by atoms with van der Waals surface area (Å²) in [5, 5.41) is 16.8. The van der Waals surface area contributed by atoms with Gasteiger partial charge in [0.2, 0.25) is 0 Å². The summed E-state index contributed by atoms with van der Waals surface area (Å²) in [6, 6.07) is 6.35. The van der Waals surface area contributed by atoms with Crippen molar-refractivity contribution in [2.75, 3.05) is 19.6 Å². The van der Waals surface area contributed by atoms with Gasteiger partial charge < -0.3 is 20.3 Å². The number of aryl methyl sites for hydroxylation is 2. The van der Waals surface area contributed by atoms with E-state index in [4.69, 9.17) is 0 Å². The molecule has 20 heavy (non-hydrogen) atoms. The second-order valence-electron chi connectivity index (χ2n) is 5.80. The average Bonchev–Trinajstić information content (AvgIpc) is 2.96. The molecular weight excluding hydrogens is 252 g/mol. The van der Waals surface area contributed by atoms with Gasteiger partial charge in [0.05, 0.1) is 16.6 Å². The zero-order valence-corrected chi connectivity index (χ0v) is 12.1. The summed E-state index contributed by atoms with van der Waals surface area (Å²) < 4.78 is 2.10. The molecule has 108 valence electrons. The van der Waals surface area contributed by atoms with Crippen LogP contribution in [0.25, 0.3) is 11.0 Å². The average molecular weight is 274 g/mol. The van der Waals surface area contributed by atoms with Crippen LogP contribution in [0.4, 0.5) is 0 Å². The minimum absolute atomic E-state index is 0.592. The molecular formula is C15H22N4O. The molecule has 0 radical (unpaired) electrons. The molecule has 5 nitrogen and oxygen atoms in total. The Kier molecular flexibility index (Phi) is 3.50. The maximum Gasteiger partial charge on any atom is 0.106 e. The molecule has 0 unspecified atom stereocenters. The van der Waals surface area contributed by atoms with Gasteiger partial charge in [-0.1, -0.05) is 6.07 Å². The Morgan fingerprint density at radius 3 is 3.10 bits per heavy atom. The Morgan fingerprint density at radius 2 is 2.35 bits per heavy atom. The van der Waals surface area contributed by atoms with Gasteiger partial charge in [-0.2, -0.15) is 0 Å². The number of nitrogens with zero attached hydrogens (tertiary/aromatic N) is 2. The monoisotopic (exact) mass is 274 g/mol. The van der Waals surface area contributed by atoms with Crippen LogP contribution in [-0.2, 0) is 13.6 Å². The highest BCUT2D eigenvalue weighted by Gasteiger charge is 2.30. The van der Waals surface area contributed by atoms with E-state index in [0.717, 1.165) is 36.4 Å². The predicted octanol–water partition coefficient (Wildman–Crippen LogP) is 0.696. The molecule has 2 aromatic rings. The summed E-state index contributed by atoms with van der Waals surface area (Å²) in [5.41, 5.74) is 2.80. The molecule has 0 aliphatic carbocycles. The third-order valence-electron chi connectivity index (χ3n) is 4.17. The second-order valence-corrected chi connectivity index (χ2v) is 5.80. The summed E-state index contributed by atoms with van der Waals surface area (Å²) in [6.45, 7) is 4.98. The van der Waals surface area contributed by atoms with Crippen LogP contribution in [0.1, 0.15) is 17.8 Å². The van der Waals surface area contributed by atoms with Crippen molar-refractivity contribution < 1.29 is 5.11 Å². The Labute approximate surface area is 119 Å². The summed E-state index contributed by atoms with van der Waals surface area (Å²) in [7, 11) is 2.03. The van der Waals surface area contributed by atoms with E-state index in [-0.39, 0.29) is 0 Å². The van der Waals surface area contributed by atoms with Gasteiger partial charge in [-0.05, 0) is 37.6 Å². The van der Waals surface area contributed by atoms with Gasteiger partial charge in [0, 0.05) is 26.7 Å². The summed E-state index contributed by atoms with van der Waals surface area (Å²) in [5.74, 6) is 1.02. The molecule has 3 N–H and O–H groups in total. The van der Waals surface area contributed by atoms with E-state index >= 15 is 0 Å². The molecule has 1 aromatic carbocycles. The lowest BCUT2D eigenvalue weighted by molar-refractivity contribution is 0.0609. The lowest BCUT2D eigenvalue weighted by Gasteiger charge is -2.21. The van der Waals surface area contributed by atoms with Crippen LogP contribution >= 0.6 is 0 Å². The number of nitrogens with one attached hydrogen (secondary N) is 2. The van der Waals surface area contributed by atoms with E-state index in [1.807, 2.05) is 14.0 Å². The second kappa shape index (κ2) is 5.16. The largest absolute Gasteiger partial charge is 0.387 e. The predicted molar refractivity (Wildman–Crippen MR) is 79.6 cm³/mol. The molecule has 0 amide bonds. The number of hydrogen-bond acceptors (Lipinski definition) is 4. The zero-order chi connectivity index (χ0) is 14.2. The molecule has 1 aliphatic rings. The van der Waals surface area contributed by atoms with Crippen LogP contribution in [0, 0.1) is 6.92 Å². The number of rotatable bonds is 4. The van der Waals surface area contributed by atoms with Gasteiger partial charge in [-0.15, -0.1) is 0 Å². The number of β-amino-alcohol motifs (C(OH)–C–C–N with tert-alkyl or cyclic N) is 1. The van der Waals surface area contributed by atoms with Crippen LogP contribution in [-0.4, -0.2) is 39.9 Å². The molecule has 5 heteroatoms.